The van der Waals surface area contributed by atoms with E-state index in [9.17, 15) is 0 Å². The summed E-state index contributed by atoms with van der Waals surface area (Å²) < 4.78 is 6.62. The monoisotopic (exact) mass is 354 g/mol. The third-order valence-electron chi connectivity index (χ3n) is 4.07. The number of piperidine rings is 1. The summed E-state index contributed by atoms with van der Waals surface area (Å²) in [6, 6.07) is 6.90. The Morgan fingerprint density at radius 1 is 1.38 bits per heavy atom. The highest BCUT2D eigenvalue weighted by Crippen LogP contribution is 2.24. The third-order valence-corrected chi connectivity index (χ3v) is 4.56. The maximum absolute atomic E-state index is 5.51. The molecule has 1 saturated heterocycles. The van der Waals surface area contributed by atoms with E-state index in [1.165, 1.54) is 37.8 Å². The van der Waals surface area contributed by atoms with Crippen LogP contribution in [0.1, 0.15) is 38.2 Å². The first kappa shape index (κ1) is 16.8. The predicted molar refractivity (Wildman–Crippen MR) is 91.9 cm³/mol. The lowest BCUT2D eigenvalue weighted by atomic mass is 10.0. The van der Waals surface area contributed by atoms with Gasteiger partial charge in [0.25, 0.3) is 0 Å². The lowest BCUT2D eigenvalue weighted by Crippen LogP contribution is -2.43. The largest absolute Gasteiger partial charge is 0.496 e. The van der Waals surface area contributed by atoms with E-state index >= 15 is 0 Å². The molecule has 0 saturated carbocycles. The van der Waals surface area contributed by atoms with E-state index in [0.29, 0.717) is 6.04 Å². The highest BCUT2D eigenvalue weighted by atomic mass is 79.9. The van der Waals surface area contributed by atoms with Crippen molar-refractivity contribution in [2.45, 2.75) is 45.2 Å². The van der Waals surface area contributed by atoms with Crippen LogP contribution in [-0.2, 0) is 6.54 Å². The molecule has 2 rings (SSSR count). The third kappa shape index (κ3) is 5.28. The molecule has 1 aromatic carbocycles. The van der Waals surface area contributed by atoms with Gasteiger partial charge in [0.1, 0.15) is 5.75 Å². The van der Waals surface area contributed by atoms with Crippen LogP contribution in [0.3, 0.4) is 0 Å². The Balaban J connectivity index is 2.02. The van der Waals surface area contributed by atoms with E-state index in [1.807, 2.05) is 12.1 Å². The molecule has 1 aliphatic rings. The van der Waals surface area contributed by atoms with Crippen LogP contribution in [0.4, 0.5) is 0 Å². The number of benzene rings is 1. The van der Waals surface area contributed by atoms with E-state index in [4.69, 9.17) is 4.74 Å². The summed E-state index contributed by atoms with van der Waals surface area (Å²) in [5, 5.41) is 3.65. The molecule has 0 amide bonds. The number of halogens is 1. The van der Waals surface area contributed by atoms with Crippen LogP contribution in [0.5, 0.6) is 5.75 Å². The molecular weight excluding hydrogens is 328 g/mol. The first-order valence-electron chi connectivity index (χ1n) is 8.01. The van der Waals surface area contributed by atoms with Crippen molar-refractivity contribution in [3.05, 3.63) is 28.2 Å². The minimum absolute atomic E-state index is 0.642. The molecule has 1 fully saturated rings. The molecule has 3 nitrogen and oxygen atoms in total. The van der Waals surface area contributed by atoms with E-state index in [0.717, 1.165) is 29.9 Å². The first-order chi connectivity index (χ1) is 10.2. The molecule has 4 heteroatoms. The Morgan fingerprint density at radius 3 is 2.90 bits per heavy atom. The van der Waals surface area contributed by atoms with Crippen molar-refractivity contribution in [1.29, 1.82) is 0 Å². The molecule has 1 heterocycles. The van der Waals surface area contributed by atoms with Gasteiger partial charge in [-0.3, -0.25) is 4.90 Å². The van der Waals surface area contributed by atoms with E-state index in [2.05, 4.69) is 39.1 Å². The summed E-state index contributed by atoms with van der Waals surface area (Å²) in [5.41, 5.74) is 1.26. The predicted octanol–water partition coefficient (Wildman–Crippen LogP) is 3.81. The molecule has 1 aromatic rings. The van der Waals surface area contributed by atoms with Crippen molar-refractivity contribution < 1.29 is 4.74 Å². The first-order valence-corrected chi connectivity index (χ1v) is 8.80. The smallest absolute Gasteiger partial charge is 0.123 e. The molecule has 1 aliphatic heterocycles. The maximum atomic E-state index is 5.51. The average Bonchev–Trinajstić information content (AvgIpc) is 2.49. The van der Waals surface area contributed by atoms with Crippen molar-refractivity contribution in [3.8, 4) is 5.75 Å². The molecule has 0 bridgehead atoms. The van der Waals surface area contributed by atoms with Gasteiger partial charge >= 0.3 is 0 Å². The quantitative estimate of drug-likeness (QED) is 0.805. The summed E-state index contributed by atoms with van der Waals surface area (Å²) in [6.07, 6.45) is 5.17. The molecule has 21 heavy (non-hydrogen) atoms. The van der Waals surface area contributed by atoms with Gasteiger partial charge in [0.05, 0.1) is 7.11 Å². The number of hydrogen-bond acceptors (Lipinski definition) is 3. The second-order valence-corrected chi connectivity index (χ2v) is 6.75. The fraction of sp³-hybridized carbons (Fsp3) is 0.647. The van der Waals surface area contributed by atoms with Gasteiger partial charge in [-0.2, -0.15) is 0 Å². The zero-order chi connectivity index (χ0) is 15.1. The zero-order valence-electron chi connectivity index (χ0n) is 13.2. The fourth-order valence-corrected chi connectivity index (χ4v) is 3.46. The normalized spacial score (nSPS) is 19.0. The fourth-order valence-electron chi connectivity index (χ4n) is 3.05. The van der Waals surface area contributed by atoms with Crippen LogP contribution in [0, 0.1) is 0 Å². The van der Waals surface area contributed by atoms with Crippen molar-refractivity contribution in [2.24, 2.45) is 0 Å². The topological polar surface area (TPSA) is 24.5 Å². The maximum Gasteiger partial charge on any atom is 0.123 e. The van der Waals surface area contributed by atoms with Gasteiger partial charge in [0, 0.05) is 29.2 Å². The number of methoxy groups -OCH3 is 1. The molecule has 0 radical (unpaired) electrons. The Labute approximate surface area is 137 Å². The Kier molecular flexibility index (Phi) is 7.00. The molecule has 1 atom stereocenters. The highest BCUT2D eigenvalue weighted by Gasteiger charge is 2.17. The second-order valence-electron chi connectivity index (χ2n) is 5.84. The van der Waals surface area contributed by atoms with Crippen LogP contribution in [0.25, 0.3) is 0 Å². The standard InChI is InChI=1S/C17H27BrN2O/c1-3-10-20(13-16-6-4-5-9-19-16)12-14-11-15(18)7-8-17(14)21-2/h7-8,11,16,19H,3-6,9-10,12-13H2,1-2H3. The van der Waals surface area contributed by atoms with Crippen LogP contribution >= 0.6 is 15.9 Å². The number of ether oxygens (including phenoxy) is 1. The average molecular weight is 355 g/mol. The molecule has 0 aromatic heterocycles. The molecular formula is C17H27BrN2O. The molecule has 118 valence electrons. The van der Waals surface area contributed by atoms with Gasteiger partial charge < -0.3 is 10.1 Å². The lowest BCUT2D eigenvalue weighted by Gasteiger charge is -2.30. The van der Waals surface area contributed by atoms with E-state index in [1.54, 1.807) is 7.11 Å². The van der Waals surface area contributed by atoms with Gasteiger partial charge in [0.15, 0.2) is 0 Å². The number of nitrogens with zero attached hydrogens (tertiary/aromatic N) is 1. The Hall–Kier alpha value is -0.580. The SMILES string of the molecule is CCCN(Cc1cc(Br)ccc1OC)CC1CCCCN1. The van der Waals surface area contributed by atoms with Crippen LogP contribution in [0.2, 0.25) is 0 Å². The van der Waals surface area contributed by atoms with Crippen molar-refractivity contribution in [2.75, 3.05) is 26.7 Å². The van der Waals surface area contributed by atoms with E-state index < -0.39 is 0 Å². The molecule has 0 spiro atoms. The van der Waals surface area contributed by atoms with Crippen molar-refractivity contribution >= 4 is 15.9 Å². The van der Waals surface area contributed by atoms with Gasteiger partial charge in [-0.1, -0.05) is 29.3 Å². The van der Waals surface area contributed by atoms with Crippen molar-refractivity contribution in [1.82, 2.24) is 10.2 Å². The number of rotatable bonds is 7. The zero-order valence-corrected chi connectivity index (χ0v) is 14.8. The van der Waals surface area contributed by atoms with Crippen LogP contribution < -0.4 is 10.1 Å². The Bertz CT molecular complexity index is 433. The minimum Gasteiger partial charge on any atom is -0.496 e. The highest BCUT2D eigenvalue weighted by molar-refractivity contribution is 9.10. The Morgan fingerprint density at radius 2 is 2.24 bits per heavy atom. The second kappa shape index (κ2) is 8.76. The summed E-state index contributed by atoms with van der Waals surface area (Å²) >= 11 is 3.57. The summed E-state index contributed by atoms with van der Waals surface area (Å²) in [7, 11) is 1.75. The molecule has 1 unspecified atom stereocenters. The number of nitrogens with one attached hydrogen (secondary N) is 1. The minimum atomic E-state index is 0.642. The van der Waals surface area contributed by atoms with E-state index in [-0.39, 0.29) is 0 Å². The van der Waals surface area contributed by atoms with Gasteiger partial charge in [-0.05, 0) is 50.6 Å². The summed E-state index contributed by atoms with van der Waals surface area (Å²) in [6.45, 7) is 6.64. The van der Waals surface area contributed by atoms with Crippen LogP contribution in [0.15, 0.2) is 22.7 Å². The summed E-state index contributed by atoms with van der Waals surface area (Å²) in [4.78, 5) is 2.55. The number of hydrogen-bond donors (Lipinski definition) is 1. The molecule has 0 aliphatic carbocycles. The van der Waals surface area contributed by atoms with Crippen molar-refractivity contribution in [3.63, 3.8) is 0 Å². The molecule has 1 N–H and O–H groups in total. The van der Waals surface area contributed by atoms with Crippen LogP contribution in [-0.4, -0.2) is 37.7 Å². The summed E-state index contributed by atoms with van der Waals surface area (Å²) in [5.74, 6) is 0.982. The van der Waals surface area contributed by atoms with Gasteiger partial charge in [-0.25, -0.2) is 0 Å². The van der Waals surface area contributed by atoms with Gasteiger partial charge in [-0.15, -0.1) is 0 Å². The lowest BCUT2D eigenvalue weighted by molar-refractivity contribution is 0.215. The van der Waals surface area contributed by atoms with Gasteiger partial charge in [0.2, 0.25) is 0 Å².